The summed E-state index contributed by atoms with van der Waals surface area (Å²) < 4.78 is 65.8. The number of pyridine rings is 1. The van der Waals surface area contributed by atoms with Crippen LogP contribution in [0, 0.1) is 0 Å². The number of nitrogens with zero attached hydrogens (tertiary/aromatic N) is 1. The van der Waals surface area contributed by atoms with Crippen molar-refractivity contribution in [1.82, 2.24) is 9.29 Å². The van der Waals surface area contributed by atoms with Crippen LogP contribution in [0.4, 0.5) is 18.9 Å². The second kappa shape index (κ2) is 7.40. The minimum atomic E-state index is -4.65. The number of aromatic nitrogens is 1. The first kappa shape index (κ1) is 20.1. The van der Waals surface area contributed by atoms with Crippen molar-refractivity contribution in [3.05, 3.63) is 58.5 Å². The Morgan fingerprint density at radius 2 is 1.89 bits per heavy atom. The van der Waals surface area contributed by atoms with Gasteiger partial charge in [-0.05, 0) is 37.1 Å². The molecule has 1 fully saturated rings. The van der Waals surface area contributed by atoms with Crippen LogP contribution in [0.25, 0.3) is 0 Å². The summed E-state index contributed by atoms with van der Waals surface area (Å²) in [4.78, 5) is 23.8. The number of carbonyl (C=O) groups excluding carboxylic acids is 1. The third-order valence-electron chi connectivity index (χ3n) is 3.95. The molecule has 0 bridgehead atoms. The van der Waals surface area contributed by atoms with Gasteiger partial charge in [-0.15, -0.1) is 0 Å². The predicted octanol–water partition coefficient (Wildman–Crippen LogP) is 1.95. The first-order valence-electron chi connectivity index (χ1n) is 8.24. The molecule has 1 aliphatic rings. The number of carbonyl (C=O) groups is 1. The fourth-order valence-electron chi connectivity index (χ4n) is 2.41. The third kappa shape index (κ3) is 4.98. The maximum Gasteiger partial charge on any atom is 0.417 e. The molecule has 1 amide bonds. The van der Waals surface area contributed by atoms with Crippen molar-refractivity contribution in [2.24, 2.45) is 0 Å². The van der Waals surface area contributed by atoms with E-state index < -0.39 is 39.8 Å². The summed E-state index contributed by atoms with van der Waals surface area (Å²) >= 11 is 0. The number of hydrogen-bond acceptors (Lipinski definition) is 4. The molecule has 1 aromatic heterocycles. The molecule has 3 rings (SSSR count). The largest absolute Gasteiger partial charge is 0.417 e. The fourth-order valence-corrected chi connectivity index (χ4v) is 3.76. The molecule has 0 atom stereocenters. The van der Waals surface area contributed by atoms with Crippen LogP contribution in [-0.2, 0) is 27.5 Å². The van der Waals surface area contributed by atoms with Gasteiger partial charge in [-0.25, -0.2) is 13.1 Å². The Morgan fingerprint density at radius 3 is 2.54 bits per heavy atom. The van der Waals surface area contributed by atoms with Gasteiger partial charge in [0.1, 0.15) is 6.54 Å². The fraction of sp³-hybridized carbons (Fsp3) is 0.294. The van der Waals surface area contributed by atoms with E-state index in [0.29, 0.717) is 16.8 Å². The number of amides is 1. The molecule has 11 heteroatoms. The van der Waals surface area contributed by atoms with E-state index in [2.05, 4.69) is 10.0 Å². The Hall–Kier alpha value is -2.66. The smallest absolute Gasteiger partial charge is 0.324 e. The summed E-state index contributed by atoms with van der Waals surface area (Å²) in [5, 5.41) is 2.39. The molecule has 0 unspecified atom stereocenters. The second-order valence-electron chi connectivity index (χ2n) is 6.35. The average Bonchev–Trinajstić information content (AvgIpc) is 3.39. The lowest BCUT2D eigenvalue weighted by Gasteiger charge is -2.12. The summed E-state index contributed by atoms with van der Waals surface area (Å²) in [6, 6.07) is 6.73. The Bertz CT molecular complexity index is 1060. The molecule has 2 aromatic rings. The Morgan fingerprint density at radius 1 is 1.18 bits per heavy atom. The average molecular weight is 415 g/mol. The summed E-state index contributed by atoms with van der Waals surface area (Å²) in [5.41, 5.74) is -1.68. The van der Waals surface area contributed by atoms with Crippen LogP contribution in [0.3, 0.4) is 0 Å². The summed E-state index contributed by atoms with van der Waals surface area (Å²) in [6.07, 6.45) is -2.56. The minimum absolute atomic E-state index is 0.0477. The number of halogens is 3. The molecule has 150 valence electrons. The third-order valence-corrected chi connectivity index (χ3v) is 5.47. The Labute approximate surface area is 158 Å². The zero-order valence-corrected chi connectivity index (χ0v) is 15.2. The molecule has 0 radical (unpaired) electrons. The number of sulfonamides is 1. The molecule has 0 saturated heterocycles. The van der Waals surface area contributed by atoms with Crippen LogP contribution in [0.15, 0.2) is 52.3 Å². The van der Waals surface area contributed by atoms with Gasteiger partial charge in [-0.3, -0.25) is 9.59 Å². The Balaban J connectivity index is 1.74. The van der Waals surface area contributed by atoms with Gasteiger partial charge < -0.3 is 9.88 Å². The van der Waals surface area contributed by atoms with Crippen molar-refractivity contribution in [3.8, 4) is 0 Å². The molecular formula is C17H16F3N3O4S. The molecular weight excluding hydrogens is 399 g/mol. The first-order valence-corrected chi connectivity index (χ1v) is 9.73. The van der Waals surface area contributed by atoms with E-state index >= 15 is 0 Å². The number of benzene rings is 1. The van der Waals surface area contributed by atoms with Gasteiger partial charge in [0.05, 0.1) is 10.5 Å². The molecule has 1 heterocycles. The lowest BCUT2D eigenvalue weighted by molar-refractivity contribution is -0.138. The maximum atomic E-state index is 12.8. The van der Waals surface area contributed by atoms with Gasteiger partial charge in [-0.2, -0.15) is 13.2 Å². The zero-order valence-electron chi connectivity index (χ0n) is 14.4. The van der Waals surface area contributed by atoms with Gasteiger partial charge >= 0.3 is 6.18 Å². The molecule has 7 nitrogen and oxygen atoms in total. The number of alkyl halides is 3. The highest BCUT2D eigenvalue weighted by atomic mass is 32.2. The van der Waals surface area contributed by atoms with E-state index in [1.807, 2.05) is 0 Å². The van der Waals surface area contributed by atoms with Crippen LogP contribution in [0.5, 0.6) is 0 Å². The van der Waals surface area contributed by atoms with E-state index in [9.17, 15) is 31.2 Å². The van der Waals surface area contributed by atoms with Crippen molar-refractivity contribution in [3.63, 3.8) is 0 Å². The summed E-state index contributed by atoms with van der Waals surface area (Å²) in [7, 11) is -3.72. The summed E-state index contributed by atoms with van der Waals surface area (Å²) in [5.74, 6) is -0.772. The molecule has 28 heavy (non-hydrogen) atoms. The monoisotopic (exact) mass is 415 g/mol. The normalized spacial score (nSPS) is 14.7. The highest BCUT2D eigenvalue weighted by Gasteiger charge is 2.31. The van der Waals surface area contributed by atoms with E-state index in [4.69, 9.17) is 0 Å². The van der Waals surface area contributed by atoms with Gasteiger partial charge in [0, 0.05) is 24.0 Å². The number of rotatable bonds is 6. The number of anilines is 1. The summed E-state index contributed by atoms with van der Waals surface area (Å²) in [6.45, 7) is -0.653. The zero-order chi connectivity index (χ0) is 20.5. The SMILES string of the molecule is O=C(Cn1cc(C(F)(F)F)ccc1=O)Nc1cccc(S(=O)(=O)NC2CC2)c1. The van der Waals surface area contributed by atoms with Crippen LogP contribution >= 0.6 is 0 Å². The van der Waals surface area contributed by atoms with Crippen LogP contribution in [0.1, 0.15) is 18.4 Å². The molecule has 0 spiro atoms. The van der Waals surface area contributed by atoms with Gasteiger partial charge in [0.25, 0.3) is 5.56 Å². The van der Waals surface area contributed by atoms with Crippen LogP contribution in [-0.4, -0.2) is 24.9 Å². The highest BCUT2D eigenvalue weighted by molar-refractivity contribution is 7.89. The minimum Gasteiger partial charge on any atom is -0.324 e. The quantitative estimate of drug-likeness (QED) is 0.754. The van der Waals surface area contributed by atoms with Gasteiger partial charge in [0.15, 0.2) is 0 Å². The topological polar surface area (TPSA) is 97.3 Å². The van der Waals surface area contributed by atoms with Crippen molar-refractivity contribution in [2.75, 3.05) is 5.32 Å². The van der Waals surface area contributed by atoms with E-state index in [1.165, 1.54) is 24.3 Å². The van der Waals surface area contributed by atoms with Crippen molar-refractivity contribution in [1.29, 1.82) is 0 Å². The van der Waals surface area contributed by atoms with Crippen LogP contribution < -0.4 is 15.6 Å². The standard InChI is InChI=1S/C17H16F3N3O4S/c18-17(19,20)11-4-7-16(25)23(9-11)10-15(24)21-13-2-1-3-14(8-13)28(26,27)22-12-5-6-12/h1-4,7-9,12,22H,5-6,10H2,(H,21,24). The molecule has 1 saturated carbocycles. The lowest BCUT2D eigenvalue weighted by Crippen LogP contribution is -2.28. The maximum absolute atomic E-state index is 12.8. The Kier molecular flexibility index (Phi) is 5.31. The molecule has 1 aromatic carbocycles. The van der Waals surface area contributed by atoms with Crippen molar-refractivity contribution < 1.29 is 26.4 Å². The van der Waals surface area contributed by atoms with Gasteiger partial charge in [0.2, 0.25) is 15.9 Å². The molecule has 1 aliphatic carbocycles. The molecule has 0 aliphatic heterocycles. The highest BCUT2D eigenvalue weighted by Crippen LogP contribution is 2.28. The van der Waals surface area contributed by atoms with E-state index in [0.717, 1.165) is 18.9 Å². The second-order valence-corrected chi connectivity index (χ2v) is 8.07. The van der Waals surface area contributed by atoms with Crippen molar-refractivity contribution in [2.45, 2.75) is 36.5 Å². The van der Waals surface area contributed by atoms with E-state index in [1.54, 1.807) is 0 Å². The van der Waals surface area contributed by atoms with Crippen molar-refractivity contribution >= 4 is 21.6 Å². The lowest BCUT2D eigenvalue weighted by atomic mass is 10.2. The van der Waals surface area contributed by atoms with Gasteiger partial charge in [-0.1, -0.05) is 6.07 Å². The van der Waals surface area contributed by atoms with E-state index in [-0.39, 0.29) is 16.6 Å². The molecule has 2 N–H and O–H groups in total. The first-order chi connectivity index (χ1) is 13.0. The van der Waals surface area contributed by atoms with Crippen LogP contribution in [0.2, 0.25) is 0 Å². The number of hydrogen-bond donors (Lipinski definition) is 2. The predicted molar refractivity (Wildman–Crippen MR) is 94.1 cm³/mol. The number of nitrogens with one attached hydrogen (secondary N) is 2.